The van der Waals surface area contributed by atoms with Crippen LogP contribution in [0.4, 0.5) is 33.2 Å². The van der Waals surface area contributed by atoms with Gasteiger partial charge in [0.1, 0.15) is 18.5 Å². The maximum atomic E-state index is 16.8. The molecule has 0 amide bonds. The van der Waals surface area contributed by atoms with Crippen molar-refractivity contribution in [3.8, 4) is 5.75 Å². The van der Waals surface area contributed by atoms with Crippen molar-refractivity contribution >= 4 is 80.0 Å². The highest BCUT2D eigenvalue weighted by atomic mass is 79.9. The van der Waals surface area contributed by atoms with E-state index >= 15 is 4.39 Å². The number of aromatic nitrogens is 4. The zero-order chi connectivity index (χ0) is 36.3. The van der Waals surface area contributed by atoms with Gasteiger partial charge in [0, 0.05) is 94.5 Å². The molecule has 13 nitrogen and oxygen atoms in total. The van der Waals surface area contributed by atoms with Crippen LogP contribution >= 0.6 is 23.1 Å². The molecule has 4 N–H and O–H groups in total. The molecule has 2 aliphatic heterocycles. The number of piperidine rings is 1. The van der Waals surface area contributed by atoms with Crippen molar-refractivity contribution < 1.29 is 13.7 Å². The van der Waals surface area contributed by atoms with Crippen LogP contribution in [-0.4, -0.2) is 116 Å². The number of aliphatic imine (C=N–C) groups is 1. The van der Waals surface area contributed by atoms with Gasteiger partial charge in [0.25, 0.3) is 0 Å². The van der Waals surface area contributed by atoms with Gasteiger partial charge in [-0.1, -0.05) is 0 Å². The number of methoxy groups -OCH3 is 1. The highest BCUT2D eigenvalue weighted by molar-refractivity contribution is 9.10. The lowest BCUT2D eigenvalue weighted by atomic mass is 9.97. The van der Waals surface area contributed by atoms with Crippen LogP contribution in [0.2, 0.25) is 0 Å². The summed E-state index contributed by atoms with van der Waals surface area (Å²) in [6, 6.07) is 5.88. The first-order valence-electron chi connectivity index (χ1n) is 16.8. The zero-order valence-electron chi connectivity index (χ0n) is 29.5. The molecule has 51 heavy (non-hydrogen) atoms. The molecule has 2 fully saturated rings. The summed E-state index contributed by atoms with van der Waals surface area (Å²) in [5.74, 6) is 0.0731. The van der Waals surface area contributed by atoms with Crippen molar-refractivity contribution in [1.29, 1.82) is 0 Å². The first-order chi connectivity index (χ1) is 24.5. The maximum absolute atomic E-state index is 16.8. The lowest BCUT2D eigenvalue weighted by Crippen LogP contribution is -2.52. The molecule has 4 aromatic rings. The number of likely N-dealkylation sites (N-methyl/N-ethyl adjacent to an activating group) is 1. The predicted octanol–water partition coefficient (Wildman–Crippen LogP) is 5.28. The number of hydrogen-bond acceptors (Lipinski definition) is 13. The molecule has 6 rings (SSSR count). The monoisotopic (exact) mass is 779 g/mol. The van der Waals surface area contributed by atoms with E-state index in [2.05, 4.69) is 68.3 Å². The fourth-order valence-electron chi connectivity index (χ4n) is 6.86. The third-order valence-electron chi connectivity index (χ3n) is 9.39. The summed E-state index contributed by atoms with van der Waals surface area (Å²) in [6.45, 7) is 8.97. The highest BCUT2D eigenvalue weighted by Crippen LogP contribution is 2.44. The summed E-state index contributed by atoms with van der Waals surface area (Å²) in [5, 5.41) is 7.03. The molecule has 2 saturated heterocycles. The number of allylic oxidation sites excluding steroid dienone is 1. The van der Waals surface area contributed by atoms with Gasteiger partial charge in [0.05, 0.1) is 39.5 Å². The minimum absolute atomic E-state index is 0.0223. The summed E-state index contributed by atoms with van der Waals surface area (Å²) in [4.78, 5) is 29.2. The van der Waals surface area contributed by atoms with E-state index in [4.69, 9.17) is 15.5 Å². The van der Waals surface area contributed by atoms with Crippen LogP contribution in [0.5, 0.6) is 5.75 Å². The zero-order valence-corrected chi connectivity index (χ0v) is 32.0. The standard InChI is InChI=1S/C35H44BrFN11O2P/c1-39-20-22(19-38)24-18-28(32(50-3)29(37)31(24)48-12-8-23(9-13-48)47-16-14-46(2)15-17-47)44-35-42-21-25(36)34(45-35)43-27-7-6-26-30(41-11-10-40-26)33(27)51(4,5)49/h6-7,10-11,18-21,23H,8-9,12-17,38H2,1-5H3,(H2,42,43,44,45). The number of ether oxygens (including phenoxy) is 1. The molecule has 2 aliphatic rings. The molecule has 0 atom stereocenters. The number of anilines is 5. The summed E-state index contributed by atoms with van der Waals surface area (Å²) < 4.78 is 36.5. The Kier molecular flexibility index (Phi) is 11.2. The lowest BCUT2D eigenvalue weighted by molar-refractivity contribution is 0.0981. The van der Waals surface area contributed by atoms with Gasteiger partial charge in [0.15, 0.2) is 11.6 Å². The van der Waals surface area contributed by atoms with Crippen molar-refractivity contribution in [3.05, 3.63) is 58.8 Å². The average Bonchev–Trinajstić information content (AvgIpc) is 3.12. The van der Waals surface area contributed by atoms with E-state index < -0.39 is 13.0 Å². The minimum atomic E-state index is -2.82. The van der Waals surface area contributed by atoms with Crippen LogP contribution in [0.15, 0.2) is 52.5 Å². The van der Waals surface area contributed by atoms with Crippen molar-refractivity contribution in [2.75, 3.05) is 89.3 Å². The number of piperazine rings is 1. The van der Waals surface area contributed by atoms with E-state index in [1.807, 2.05) is 6.07 Å². The van der Waals surface area contributed by atoms with E-state index in [1.165, 1.54) is 13.3 Å². The van der Waals surface area contributed by atoms with E-state index in [-0.39, 0.29) is 11.7 Å². The van der Waals surface area contributed by atoms with Gasteiger partial charge in [-0.2, -0.15) is 4.98 Å². The third-order valence-corrected chi connectivity index (χ3v) is 11.5. The van der Waals surface area contributed by atoms with Crippen LogP contribution in [0.1, 0.15) is 18.4 Å². The van der Waals surface area contributed by atoms with Gasteiger partial charge < -0.3 is 35.5 Å². The Morgan fingerprint density at radius 1 is 1.08 bits per heavy atom. The van der Waals surface area contributed by atoms with Crippen molar-refractivity contribution in [2.24, 2.45) is 10.7 Å². The number of nitrogens with one attached hydrogen (secondary N) is 2. The van der Waals surface area contributed by atoms with Crippen LogP contribution < -0.4 is 31.3 Å². The number of nitrogens with two attached hydrogens (primary N) is 1. The number of benzene rings is 2. The highest BCUT2D eigenvalue weighted by Gasteiger charge is 2.31. The van der Waals surface area contributed by atoms with Crippen LogP contribution in [0, 0.1) is 5.82 Å². The summed E-state index contributed by atoms with van der Waals surface area (Å²) >= 11 is 3.54. The van der Waals surface area contributed by atoms with Gasteiger partial charge in [-0.05, 0) is 67.3 Å². The minimum Gasteiger partial charge on any atom is -0.492 e. The normalized spacial score (nSPS) is 17.0. The smallest absolute Gasteiger partial charge is 0.229 e. The van der Waals surface area contributed by atoms with Crippen molar-refractivity contribution in [1.82, 2.24) is 29.7 Å². The number of nitrogens with zero attached hydrogens (tertiary/aromatic N) is 8. The molecule has 0 radical (unpaired) electrons. The van der Waals surface area contributed by atoms with Gasteiger partial charge in [-0.15, -0.1) is 0 Å². The number of fused-ring (bicyclic) bond motifs is 1. The Morgan fingerprint density at radius 3 is 2.47 bits per heavy atom. The van der Waals surface area contributed by atoms with Gasteiger partial charge >= 0.3 is 0 Å². The second-order valence-electron chi connectivity index (χ2n) is 13.1. The number of hydrogen-bond donors (Lipinski definition) is 3. The van der Waals surface area contributed by atoms with Gasteiger partial charge in [0.2, 0.25) is 5.95 Å². The maximum Gasteiger partial charge on any atom is 0.229 e. The van der Waals surface area contributed by atoms with E-state index in [0.717, 1.165) is 39.0 Å². The molecule has 2 aromatic carbocycles. The van der Waals surface area contributed by atoms with Crippen LogP contribution in [0.3, 0.4) is 0 Å². The number of rotatable bonds is 10. The second kappa shape index (κ2) is 15.6. The number of halogens is 2. The summed E-state index contributed by atoms with van der Waals surface area (Å²) in [5.41, 5.74) is 9.73. The second-order valence-corrected chi connectivity index (χ2v) is 17.1. The van der Waals surface area contributed by atoms with Crippen molar-refractivity contribution in [2.45, 2.75) is 18.9 Å². The quantitative estimate of drug-likeness (QED) is 0.142. The SMILES string of the molecule is CN=CC(=CN)c1cc(Nc2ncc(Br)c(Nc3ccc4nccnc4c3P(C)(C)=O)n2)c(OC)c(F)c1N1CCC(N2CCN(C)CC2)CC1. The van der Waals surface area contributed by atoms with E-state index in [9.17, 15) is 4.57 Å². The molecule has 16 heteroatoms. The molecule has 2 aromatic heterocycles. The molecule has 0 bridgehead atoms. The summed E-state index contributed by atoms with van der Waals surface area (Å²) in [6.07, 6.45) is 9.66. The molecule has 270 valence electrons. The first-order valence-corrected chi connectivity index (χ1v) is 20.2. The van der Waals surface area contributed by atoms with Crippen LogP contribution in [-0.2, 0) is 4.57 Å². The fourth-order valence-corrected chi connectivity index (χ4v) is 8.54. The Morgan fingerprint density at radius 2 is 1.80 bits per heavy atom. The topological polar surface area (TPSA) is 150 Å². The largest absolute Gasteiger partial charge is 0.492 e. The summed E-state index contributed by atoms with van der Waals surface area (Å²) in [7, 11) is 2.43. The molecule has 4 heterocycles. The molecule has 0 unspecified atom stereocenters. The predicted molar refractivity (Wildman–Crippen MR) is 209 cm³/mol. The van der Waals surface area contributed by atoms with E-state index in [1.54, 1.807) is 57.3 Å². The van der Waals surface area contributed by atoms with Gasteiger partial charge in [-0.3, -0.25) is 19.9 Å². The third kappa shape index (κ3) is 7.86. The van der Waals surface area contributed by atoms with Gasteiger partial charge in [-0.25, -0.2) is 9.37 Å². The Balaban J connectivity index is 1.33. The average molecular weight is 781 g/mol. The Bertz CT molecular complexity index is 2010. The Hall–Kier alpha value is -4.17. The molecular formula is C35H44BrFN11O2P. The first kappa shape index (κ1) is 36.6. The Labute approximate surface area is 306 Å². The van der Waals surface area contributed by atoms with E-state index in [0.29, 0.717) is 74.0 Å². The fraction of sp³-hybridized carbons (Fsp3) is 0.400. The van der Waals surface area contributed by atoms with Crippen LogP contribution in [0.25, 0.3) is 16.6 Å². The molecule has 0 spiro atoms. The molecule has 0 saturated carbocycles. The molecule has 0 aliphatic carbocycles. The molecular weight excluding hydrogens is 736 g/mol. The van der Waals surface area contributed by atoms with Crippen molar-refractivity contribution in [3.63, 3.8) is 0 Å². The lowest BCUT2D eigenvalue weighted by Gasteiger charge is -2.43.